The fourth-order valence-corrected chi connectivity index (χ4v) is 3.22. The minimum atomic E-state index is -2.07. The molecule has 0 aromatic heterocycles. The topological polar surface area (TPSA) is 82.1 Å². The lowest BCUT2D eigenvalue weighted by Crippen LogP contribution is -2.63. The number of carbonyl (C=O) groups is 2. The lowest BCUT2D eigenvalue weighted by Gasteiger charge is -2.50. The van der Waals surface area contributed by atoms with Crippen LogP contribution in [0.15, 0.2) is 24.3 Å². The fourth-order valence-electron chi connectivity index (χ4n) is 3.22. The van der Waals surface area contributed by atoms with Gasteiger partial charge in [0.05, 0.1) is 6.61 Å². The third kappa shape index (κ3) is 1.72. The van der Waals surface area contributed by atoms with Gasteiger partial charge in [0.2, 0.25) is 5.60 Å². The summed E-state index contributed by atoms with van der Waals surface area (Å²) in [6, 6.07) is 6.86. The predicted molar refractivity (Wildman–Crippen MR) is 70.1 cm³/mol. The van der Waals surface area contributed by atoms with Gasteiger partial charge in [-0.2, -0.15) is 0 Å². The van der Waals surface area contributed by atoms with Crippen LogP contribution in [0.25, 0.3) is 0 Å². The van der Waals surface area contributed by atoms with Crippen molar-refractivity contribution in [3.8, 4) is 0 Å². The zero-order valence-corrected chi connectivity index (χ0v) is 11.7. The summed E-state index contributed by atoms with van der Waals surface area (Å²) in [5.41, 5.74) is -1.03. The van der Waals surface area contributed by atoms with Crippen LogP contribution in [0.1, 0.15) is 24.2 Å². The highest BCUT2D eigenvalue weighted by atomic mass is 16.6. The maximum atomic E-state index is 12.2. The van der Waals surface area contributed by atoms with Crippen molar-refractivity contribution in [2.24, 2.45) is 5.92 Å². The van der Waals surface area contributed by atoms with Crippen LogP contribution in [0.5, 0.6) is 0 Å². The summed E-state index contributed by atoms with van der Waals surface area (Å²) in [4.78, 5) is 24.4. The zero-order chi connectivity index (χ0) is 15.2. The van der Waals surface area contributed by atoms with Gasteiger partial charge in [0.1, 0.15) is 12.0 Å². The van der Waals surface area contributed by atoms with Crippen molar-refractivity contribution in [3.63, 3.8) is 0 Å². The molecule has 0 unspecified atom stereocenters. The monoisotopic (exact) mass is 292 g/mol. The highest BCUT2D eigenvalue weighted by molar-refractivity contribution is 5.92. The molecule has 4 atom stereocenters. The molecule has 1 saturated heterocycles. The number of methoxy groups -OCH3 is 1. The van der Waals surface area contributed by atoms with Gasteiger partial charge in [-0.15, -0.1) is 0 Å². The summed E-state index contributed by atoms with van der Waals surface area (Å²) in [6.45, 7) is 1.82. The number of carbonyl (C=O) groups excluding carboxylic acids is 2. The number of aliphatic hydroxyl groups is 1. The highest BCUT2D eigenvalue weighted by Gasteiger charge is 2.66. The zero-order valence-electron chi connectivity index (χ0n) is 11.7. The first kappa shape index (κ1) is 14.0. The first-order chi connectivity index (χ1) is 10.1. The Morgan fingerprint density at radius 1 is 1.43 bits per heavy atom. The van der Waals surface area contributed by atoms with Gasteiger partial charge >= 0.3 is 11.9 Å². The first-order valence-electron chi connectivity index (χ1n) is 6.78. The Morgan fingerprint density at radius 2 is 2.14 bits per heavy atom. The highest BCUT2D eigenvalue weighted by Crippen LogP contribution is 2.52. The Morgan fingerprint density at radius 3 is 2.81 bits per heavy atom. The molecule has 2 heterocycles. The minimum absolute atomic E-state index is 0.156. The van der Waals surface area contributed by atoms with E-state index in [4.69, 9.17) is 14.2 Å². The lowest BCUT2D eigenvalue weighted by atomic mass is 9.66. The number of esters is 2. The van der Waals surface area contributed by atoms with Crippen molar-refractivity contribution in [2.45, 2.75) is 24.7 Å². The summed E-state index contributed by atoms with van der Waals surface area (Å²) < 4.78 is 15.6. The van der Waals surface area contributed by atoms with Gasteiger partial charge in [-0.3, -0.25) is 4.79 Å². The van der Waals surface area contributed by atoms with Crippen LogP contribution in [0.4, 0.5) is 0 Å². The fraction of sp³-hybridized carbons (Fsp3) is 0.467. The predicted octanol–water partition coefficient (Wildman–Crippen LogP) is 0.680. The number of benzene rings is 1. The van der Waals surface area contributed by atoms with Crippen LogP contribution >= 0.6 is 0 Å². The molecule has 2 bridgehead atoms. The van der Waals surface area contributed by atoms with Crippen molar-refractivity contribution >= 4 is 11.9 Å². The molecule has 6 nitrogen and oxygen atoms in total. The third-order valence-electron chi connectivity index (χ3n) is 4.11. The second kappa shape index (κ2) is 4.82. The van der Waals surface area contributed by atoms with E-state index >= 15 is 0 Å². The molecule has 1 aromatic rings. The van der Waals surface area contributed by atoms with Crippen molar-refractivity contribution < 1.29 is 28.9 Å². The number of rotatable bonds is 3. The number of fused-ring (bicyclic) bond motifs is 2. The van der Waals surface area contributed by atoms with E-state index in [1.54, 1.807) is 31.2 Å². The van der Waals surface area contributed by atoms with Crippen LogP contribution in [-0.2, 0) is 29.4 Å². The first-order valence-corrected chi connectivity index (χ1v) is 6.78. The second-order valence-electron chi connectivity index (χ2n) is 5.11. The summed E-state index contributed by atoms with van der Waals surface area (Å²) in [5, 5.41) is 10.9. The molecule has 0 saturated carbocycles. The minimum Gasteiger partial charge on any atom is -0.466 e. The Labute approximate surface area is 121 Å². The van der Waals surface area contributed by atoms with Gasteiger partial charge in [-0.05, 0) is 6.92 Å². The van der Waals surface area contributed by atoms with E-state index in [0.29, 0.717) is 11.1 Å². The van der Waals surface area contributed by atoms with Gasteiger partial charge in [0.25, 0.3) is 0 Å². The molecule has 1 aromatic carbocycles. The molecule has 0 spiro atoms. The summed E-state index contributed by atoms with van der Waals surface area (Å²) >= 11 is 0. The Balaban J connectivity index is 2.18. The molecular weight excluding hydrogens is 276 g/mol. The SMILES string of the molecule is CCOC(=O)[C@H]1[C@@H](OC)[C@H]2OC(=O)[C@]1(O)c1ccccc12. The van der Waals surface area contributed by atoms with Gasteiger partial charge in [-0.1, -0.05) is 24.3 Å². The lowest BCUT2D eigenvalue weighted by molar-refractivity contribution is -0.237. The summed E-state index contributed by atoms with van der Waals surface area (Å²) in [6.07, 6.45) is -1.50. The van der Waals surface area contributed by atoms with E-state index in [0.717, 1.165) is 0 Å². The number of ether oxygens (including phenoxy) is 3. The molecule has 1 fully saturated rings. The summed E-state index contributed by atoms with van der Waals surface area (Å²) in [5.74, 6) is -2.64. The van der Waals surface area contributed by atoms with Crippen LogP contribution < -0.4 is 0 Å². The normalized spacial score (nSPS) is 33.3. The molecule has 0 amide bonds. The molecule has 6 heteroatoms. The summed E-state index contributed by atoms with van der Waals surface area (Å²) in [7, 11) is 1.41. The number of hydrogen-bond acceptors (Lipinski definition) is 6. The third-order valence-corrected chi connectivity index (χ3v) is 4.11. The van der Waals surface area contributed by atoms with Crippen molar-refractivity contribution in [2.75, 3.05) is 13.7 Å². The van der Waals surface area contributed by atoms with E-state index in [9.17, 15) is 14.7 Å². The molecule has 21 heavy (non-hydrogen) atoms. The molecule has 112 valence electrons. The van der Waals surface area contributed by atoms with E-state index in [-0.39, 0.29) is 6.61 Å². The average molecular weight is 292 g/mol. The van der Waals surface area contributed by atoms with Gasteiger partial charge in [0.15, 0.2) is 6.10 Å². The largest absolute Gasteiger partial charge is 0.466 e. The molecule has 3 aliphatic rings. The quantitative estimate of drug-likeness (QED) is 0.825. The second-order valence-corrected chi connectivity index (χ2v) is 5.11. The Bertz CT molecular complexity index is 598. The molecular formula is C15H16O6. The van der Waals surface area contributed by atoms with Crippen LogP contribution in [-0.4, -0.2) is 36.9 Å². The smallest absolute Gasteiger partial charge is 0.344 e. The average Bonchev–Trinajstić information content (AvgIpc) is 2.48. The molecule has 1 aliphatic carbocycles. The van der Waals surface area contributed by atoms with Crippen LogP contribution in [0.2, 0.25) is 0 Å². The standard InChI is InChI=1S/C15H16O6/c1-3-20-13(16)10-12(19-2)11-8-6-4-5-7-9(8)15(10,18)14(17)21-11/h4-7,10-12,18H,3H2,1-2H3/t10-,11+,12-,15+/m1/s1. The van der Waals surface area contributed by atoms with Gasteiger partial charge in [0, 0.05) is 18.2 Å². The van der Waals surface area contributed by atoms with Crippen molar-refractivity contribution in [1.29, 1.82) is 0 Å². The molecule has 1 N–H and O–H groups in total. The Kier molecular flexibility index (Phi) is 3.22. The number of hydrogen-bond donors (Lipinski definition) is 1. The Hall–Kier alpha value is -1.92. The van der Waals surface area contributed by atoms with Crippen LogP contribution in [0, 0.1) is 5.92 Å². The molecule has 0 radical (unpaired) electrons. The van der Waals surface area contributed by atoms with E-state index in [2.05, 4.69) is 0 Å². The van der Waals surface area contributed by atoms with E-state index in [1.165, 1.54) is 7.11 Å². The van der Waals surface area contributed by atoms with Crippen molar-refractivity contribution in [1.82, 2.24) is 0 Å². The van der Waals surface area contributed by atoms with Crippen LogP contribution in [0.3, 0.4) is 0 Å². The molecule has 4 rings (SSSR count). The van der Waals surface area contributed by atoms with Gasteiger partial charge < -0.3 is 19.3 Å². The maximum absolute atomic E-state index is 12.2. The van der Waals surface area contributed by atoms with Gasteiger partial charge in [-0.25, -0.2) is 4.79 Å². The molecule has 2 aliphatic heterocycles. The van der Waals surface area contributed by atoms with E-state index < -0.39 is 35.7 Å². The maximum Gasteiger partial charge on any atom is 0.344 e. The van der Waals surface area contributed by atoms with Crippen molar-refractivity contribution in [3.05, 3.63) is 35.4 Å². The van der Waals surface area contributed by atoms with E-state index in [1.807, 2.05) is 0 Å².